The first-order valence-electron chi connectivity index (χ1n) is 4.61. The van der Waals surface area contributed by atoms with Crippen molar-refractivity contribution in [3.8, 4) is 0 Å². The molecule has 76 valence electrons. The lowest BCUT2D eigenvalue weighted by Gasteiger charge is -2.08. The maximum Gasteiger partial charge on any atom is 0.330 e. The van der Waals surface area contributed by atoms with Gasteiger partial charge >= 0.3 is 5.97 Å². The van der Waals surface area contributed by atoms with Gasteiger partial charge in [-0.2, -0.15) is 0 Å². The van der Waals surface area contributed by atoms with Crippen LogP contribution < -0.4 is 0 Å². The fraction of sp³-hybridized carbons (Fsp3) is 0.667. The summed E-state index contributed by atoms with van der Waals surface area (Å²) in [5.74, 6) is -0.342. The summed E-state index contributed by atoms with van der Waals surface area (Å²) in [4.78, 5) is 10.6. The van der Waals surface area contributed by atoms with E-state index in [4.69, 9.17) is 9.16 Å². The van der Waals surface area contributed by atoms with Gasteiger partial charge in [0.25, 0.3) is 0 Å². The van der Waals surface area contributed by atoms with E-state index in [1.165, 1.54) is 6.08 Å². The molecule has 1 unspecified atom stereocenters. The Bertz CT molecular complexity index is 159. The molecular formula is C9H18O3Si. The van der Waals surface area contributed by atoms with E-state index < -0.39 is 9.04 Å². The molecule has 0 amide bonds. The normalized spacial score (nSPS) is 12.2. The second kappa shape index (κ2) is 8.01. The van der Waals surface area contributed by atoms with Gasteiger partial charge < -0.3 is 9.16 Å². The molecule has 1 atom stereocenters. The van der Waals surface area contributed by atoms with Crippen molar-refractivity contribution in [1.82, 2.24) is 0 Å². The summed E-state index contributed by atoms with van der Waals surface area (Å²) < 4.78 is 10.3. The van der Waals surface area contributed by atoms with Crippen molar-refractivity contribution < 1.29 is 14.0 Å². The van der Waals surface area contributed by atoms with Gasteiger partial charge in [0.05, 0.1) is 6.61 Å². The molecule has 0 fully saturated rings. The van der Waals surface area contributed by atoms with E-state index in [0.717, 1.165) is 19.1 Å². The molecule has 3 nitrogen and oxygen atoms in total. The van der Waals surface area contributed by atoms with Gasteiger partial charge in [0.1, 0.15) is 0 Å². The van der Waals surface area contributed by atoms with Crippen molar-refractivity contribution in [1.29, 1.82) is 0 Å². The number of rotatable bonds is 7. The summed E-state index contributed by atoms with van der Waals surface area (Å²) in [5.41, 5.74) is 0. The summed E-state index contributed by atoms with van der Waals surface area (Å²) >= 11 is 0. The Kier molecular flexibility index (Phi) is 7.63. The van der Waals surface area contributed by atoms with Gasteiger partial charge in [-0.15, -0.1) is 0 Å². The highest BCUT2D eigenvalue weighted by Crippen LogP contribution is 1.99. The largest absolute Gasteiger partial charge is 0.463 e. The molecule has 0 aromatic rings. The van der Waals surface area contributed by atoms with Crippen LogP contribution in [-0.4, -0.2) is 28.2 Å². The Morgan fingerprint density at radius 1 is 1.62 bits per heavy atom. The molecule has 0 spiro atoms. The first-order chi connectivity index (χ1) is 6.20. The molecule has 0 saturated heterocycles. The Morgan fingerprint density at radius 3 is 2.85 bits per heavy atom. The number of esters is 1. The maximum absolute atomic E-state index is 10.6. The standard InChI is InChI=1S/C9H18O3Si/c1-4-9(10)11-7-6-8-13(3)12-5-2/h4,13H,1,5-8H2,2-3H3. The van der Waals surface area contributed by atoms with E-state index in [1.807, 2.05) is 6.92 Å². The molecule has 4 heteroatoms. The minimum atomic E-state index is -0.991. The number of hydrogen-bond acceptors (Lipinski definition) is 3. The van der Waals surface area contributed by atoms with Crippen LogP contribution in [0, 0.1) is 0 Å². The van der Waals surface area contributed by atoms with Crippen LogP contribution in [0.3, 0.4) is 0 Å². The van der Waals surface area contributed by atoms with E-state index in [0.29, 0.717) is 6.61 Å². The van der Waals surface area contributed by atoms with Gasteiger partial charge in [0.15, 0.2) is 9.04 Å². The predicted molar refractivity (Wildman–Crippen MR) is 55.2 cm³/mol. The minimum absolute atomic E-state index is 0.342. The van der Waals surface area contributed by atoms with Crippen LogP contribution >= 0.6 is 0 Å². The molecule has 13 heavy (non-hydrogen) atoms. The third-order valence-corrected chi connectivity index (χ3v) is 3.74. The van der Waals surface area contributed by atoms with E-state index in [9.17, 15) is 4.79 Å². The molecular weight excluding hydrogens is 184 g/mol. The zero-order valence-corrected chi connectivity index (χ0v) is 9.57. The van der Waals surface area contributed by atoms with Crippen LogP contribution in [0.4, 0.5) is 0 Å². The summed E-state index contributed by atoms with van der Waals surface area (Å²) in [6.45, 7) is 8.74. The van der Waals surface area contributed by atoms with Gasteiger partial charge in [0.2, 0.25) is 0 Å². The molecule has 0 rings (SSSR count). The number of carbonyl (C=O) groups excluding carboxylic acids is 1. The third-order valence-electron chi connectivity index (χ3n) is 1.62. The van der Waals surface area contributed by atoms with Gasteiger partial charge in [0, 0.05) is 12.7 Å². The van der Waals surface area contributed by atoms with Crippen molar-refractivity contribution in [3.63, 3.8) is 0 Å². The zero-order chi connectivity index (χ0) is 10.1. The lowest BCUT2D eigenvalue weighted by atomic mass is 10.5. The fourth-order valence-electron chi connectivity index (χ4n) is 0.970. The summed E-state index contributed by atoms with van der Waals surface area (Å²) in [5, 5.41) is 0. The molecule has 0 heterocycles. The lowest BCUT2D eigenvalue weighted by Crippen LogP contribution is -2.14. The summed E-state index contributed by atoms with van der Waals surface area (Å²) in [6, 6.07) is 1.05. The second-order valence-corrected chi connectivity index (χ2v) is 5.31. The molecule has 0 aromatic heterocycles. The predicted octanol–water partition coefficient (Wildman–Crippen LogP) is 1.50. The number of hydrogen-bond donors (Lipinski definition) is 0. The molecule has 0 aliphatic rings. The van der Waals surface area contributed by atoms with Crippen LogP contribution in [0.5, 0.6) is 0 Å². The Labute approximate surface area is 81.5 Å². The monoisotopic (exact) mass is 202 g/mol. The van der Waals surface area contributed by atoms with Crippen molar-refractivity contribution in [2.75, 3.05) is 13.2 Å². The molecule has 0 saturated carbocycles. The highest BCUT2D eigenvalue weighted by molar-refractivity contribution is 6.50. The average Bonchev–Trinajstić information content (AvgIpc) is 2.12. The van der Waals surface area contributed by atoms with Crippen LogP contribution in [0.2, 0.25) is 12.6 Å². The number of ether oxygens (including phenoxy) is 1. The topological polar surface area (TPSA) is 35.5 Å². The van der Waals surface area contributed by atoms with Gasteiger partial charge in [-0.3, -0.25) is 0 Å². The Balaban J connectivity index is 3.24. The van der Waals surface area contributed by atoms with Gasteiger partial charge in [-0.1, -0.05) is 6.58 Å². The van der Waals surface area contributed by atoms with E-state index >= 15 is 0 Å². The SMILES string of the molecule is C=CC(=O)OCCC[SiH](C)OCC. The van der Waals surface area contributed by atoms with Crippen LogP contribution in [0.25, 0.3) is 0 Å². The van der Waals surface area contributed by atoms with E-state index in [2.05, 4.69) is 13.1 Å². The van der Waals surface area contributed by atoms with Crippen molar-refractivity contribution >= 4 is 15.0 Å². The minimum Gasteiger partial charge on any atom is -0.463 e. The highest BCUT2D eigenvalue weighted by Gasteiger charge is 2.03. The molecule has 0 aromatic carbocycles. The molecule has 0 N–H and O–H groups in total. The summed E-state index contributed by atoms with van der Waals surface area (Å²) in [7, 11) is -0.991. The first-order valence-corrected chi connectivity index (χ1v) is 7.05. The van der Waals surface area contributed by atoms with E-state index in [1.54, 1.807) is 0 Å². The highest BCUT2D eigenvalue weighted by atomic mass is 28.3. The Morgan fingerprint density at radius 2 is 2.31 bits per heavy atom. The van der Waals surface area contributed by atoms with E-state index in [-0.39, 0.29) is 5.97 Å². The average molecular weight is 202 g/mol. The van der Waals surface area contributed by atoms with Crippen molar-refractivity contribution in [2.24, 2.45) is 0 Å². The van der Waals surface area contributed by atoms with Gasteiger partial charge in [-0.25, -0.2) is 4.79 Å². The quantitative estimate of drug-likeness (QED) is 0.272. The Hall–Kier alpha value is -0.613. The van der Waals surface area contributed by atoms with Crippen LogP contribution in [0.15, 0.2) is 12.7 Å². The van der Waals surface area contributed by atoms with Gasteiger partial charge in [-0.05, 0) is 25.9 Å². The molecule has 0 aliphatic heterocycles. The first kappa shape index (κ1) is 12.4. The lowest BCUT2D eigenvalue weighted by molar-refractivity contribution is -0.137. The van der Waals surface area contributed by atoms with Crippen molar-refractivity contribution in [3.05, 3.63) is 12.7 Å². The third kappa shape index (κ3) is 7.74. The molecule has 0 bridgehead atoms. The smallest absolute Gasteiger partial charge is 0.330 e. The van der Waals surface area contributed by atoms with Crippen molar-refractivity contribution in [2.45, 2.75) is 25.9 Å². The van der Waals surface area contributed by atoms with Crippen LogP contribution in [-0.2, 0) is 14.0 Å². The zero-order valence-electron chi connectivity index (χ0n) is 8.41. The maximum atomic E-state index is 10.6. The summed E-state index contributed by atoms with van der Waals surface area (Å²) in [6.07, 6.45) is 2.08. The second-order valence-electron chi connectivity index (χ2n) is 2.78. The molecule has 0 aliphatic carbocycles. The van der Waals surface area contributed by atoms with Crippen LogP contribution in [0.1, 0.15) is 13.3 Å². The molecule has 0 radical (unpaired) electrons. The fourth-order valence-corrected chi connectivity index (χ4v) is 2.45. The number of carbonyl (C=O) groups is 1.